The first-order chi connectivity index (χ1) is 12.1. The SMILES string of the molecule is CC(NC(=O)C1C2CCC(C2)C1N)c1noc(Cc2ccccc2)n1.Cl. The van der Waals surface area contributed by atoms with Crippen LogP contribution in [0, 0.1) is 17.8 Å². The zero-order valence-corrected chi connectivity index (χ0v) is 15.6. The van der Waals surface area contributed by atoms with E-state index in [1.54, 1.807) is 0 Å². The number of nitrogens with zero attached hydrogens (tertiary/aromatic N) is 2. The molecule has 3 N–H and O–H groups in total. The van der Waals surface area contributed by atoms with Gasteiger partial charge in [-0.1, -0.05) is 35.5 Å². The Morgan fingerprint density at radius 1 is 1.31 bits per heavy atom. The second-order valence-electron chi connectivity index (χ2n) is 7.38. The number of carbonyl (C=O) groups excluding carboxylic acids is 1. The average Bonchev–Trinajstić information content (AvgIpc) is 3.31. The Balaban J connectivity index is 0.00000196. The Bertz CT molecular complexity index is 749. The molecule has 6 nitrogen and oxygen atoms in total. The number of amides is 1. The molecule has 0 radical (unpaired) electrons. The molecule has 2 aliphatic carbocycles. The lowest BCUT2D eigenvalue weighted by Crippen LogP contribution is -2.45. The third-order valence-electron chi connectivity index (χ3n) is 5.71. The first-order valence-corrected chi connectivity index (χ1v) is 9.04. The van der Waals surface area contributed by atoms with Crippen LogP contribution in [0.25, 0.3) is 0 Å². The van der Waals surface area contributed by atoms with Gasteiger partial charge < -0.3 is 15.6 Å². The van der Waals surface area contributed by atoms with E-state index in [1.807, 2.05) is 37.3 Å². The minimum absolute atomic E-state index is 0. The average molecular weight is 377 g/mol. The monoisotopic (exact) mass is 376 g/mol. The fourth-order valence-corrected chi connectivity index (χ4v) is 4.39. The number of aromatic nitrogens is 2. The summed E-state index contributed by atoms with van der Waals surface area (Å²) in [6.45, 7) is 1.88. The summed E-state index contributed by atoms with van der Waals surface area (Å²) in [5.41, 5.74) is 7.37. The number of benzene rings is 1. The van der Waals surface area contributed by atoms with Crippen LogP contribution in [0.4, 0.5) is 0 Å². The molecule has 1 aromatic heterocycles. The van der Waals surface area contributed by atoms with Crippen molar-refractivity contribution in [2.45, 2.75) is 44.7 Å². The molecule has 0 aliphatic heterocycles. The van der Waals surface area contributed by atoms with Crippen LogP contribution >= 0.6 is 12.4 Å². The van der Waals surface area contributed by atoms with Crippen molar-refractivity contribution in [1.29, 1.82) is 0 Å². The van der Waals surface area contributed by atoms with Crippen LogP contribution in [0.1, 0.15) is 49.5 Å². The molecule has 2 bridgehead atoms. The van der Waals surface area contributed by atoms with E-state index in [0.717, 1.165) is 18.4 Å². The molecule has 5 unspecified atom stereocenters. The van der Waals surface area contributed by atoms with Crippen LogP contribution in [-0.4, -0.2) is 22.1 Å². The number of nitrogens with two attached hydrogens (primary N) is 1. The molecule has 5 atom stereocenters. The number of hydrogen-bond donors (Lipinski definition) is 2. The Morgan fingerprint density at radius 2 is 2.04 bits per heavy atom. The van der Waals surface area contributed by atoms with Crippen LogP contribution in [0.2, 0.25) is 0 Å². The van der Waals surface area contributed by atoms with Gasteiger partial charge >= 0.3 is 0 Å². The highest BCUT2D eigenvalue weighted by Crippen LogP contribution is 2.47. The number of hydrogen-bond acceptors (Lipinski definition) is 5. The molecule has 1 amide bonds. The molecule has 4 rings (SSSR count). The maximum Gasteiger partial charge on any atom is 0.231 e. The van der Waals surface area contributed by atoms with Gasteiger partial charge in [-0.2, -0.15) is 4.98 Å². The van der Waals surface area contributed by atoms with Crippen LogP contribution in [0.3, 0.4) is 0 Å². The Hall–Kier alpha value is -1.92. The Morgan fingerprint density at radius 3 is 2.73 bits per heavy atom. The lowest BCUT2D eigenvalue weighted by atomic mass is 9.84. The predicted octanol–water partition coefficient (Wildman–Crippen LogP) is 2.63. The van der Waals surface area contributed by atoms with E-state index in [9.17, 15) is 4.79 Å². The van der Waals surface area contributed by atoms with Gasteiger partial charge in [0.05, 0.1) is 18.4 Å². The maximum absolute atomic E-state index is 12.6. The number of fused-ring (bicyclic) bond motifs is 2. The molecule has 26 heavy (non-hydrogen) atoms. The molecule has 2 saturated carbocycles. The summed E-state index contributed by atoms with van der Waals surface area (Å²) in [7, 11) is 0. The van der Waals surface area contributed by atoms with E-state index in [1.165, 1.54) is 6.42 Å². The molecule has 1 heterocycles. The first-order valence-electron chi connectivity index (χ1n) is 9.04. The summed E-state index contributed by atoms with van der Waals surface area (Å²) >= 11 is 0. The Kier molecular flexibility index (Phi) is 5.63. The third-order valence-corrected chi connectivity index (χ3v) is 5.71. The van der Waals surface area contributed by atoms with E-state index in [0.29, 0.717) is 30.0 Å². The second-order valence-corrected chi connectivity index (χ2v) is 7.38. The van der Waals surface area contributed by atoms with E-state index in [-0.39, 0.29) is 36.3 Å². The van der Waals surface area contributed by atoms with Crippen molar-refractivity contribution in [2.75, 3.05) is 0 Å². The standard InChI is InChI=1S/C19H24N4O2.ClH/c1-11(21-19(24)16-13-7-8-14(10-13)17(16)20)18-22-15(25-23-18)9-12-5-3-2-4-6-12;/h2-6,11,13-14,16-17H,7-10,20H2,1H3,(H,21,24);1H. The Labute approximate surface area is 159 Å². The van der Waals surface area contributed by atoms with Crippen LogP contribution < -0.4 is 11.1 Å². The van der Waals surface area contributed by atoms with Gasteiger partial charge in [0.2, 0.25) is 11.8 Å². The zero-order valence-electron chi connectivity index (χ0n) is 14.8. The van der Waals surface area contributed by atoms with Gasteiger partial charge in [-0.05, 0) is 43.6 Å². The highest BCUT2D eigenvalue weighted by molar-refractivity contribution is 5.85. The van der Waals surface area contributed by atoms with E-state index in [2.05, 4.69) is 15.5 Å². The summed E-state index contributed by atoms with van der Waals surface area (Å²) in [6, 6.07) is 9.68. The fourth-order valence-electron chi connectivity index (χ4n) is 4.39. The van der Waals surface area contributed by atoms with Gasteiger partial charge in [-0.25, -0.2) is 0 Å². The van der Waals surface area contributed by atoms with Crippen molar-refractivity contribution in [3.8, 4) is 0 Å². The summed E-state index contributed by atoms with van der Waals surface area (Å²) in [4.78, 5) is 17.1. The van der Waals surface area contributed by atoms with Gasteiger partial charge in [-0.15, -0.1) is 12.4 Å². The lowest BCUT2D eigenvalue weighted by Gasteiger charge is -2.27. The van der Waals surface area contributed by atoms with E-state index in [4.69, 9.17) is 10.3 Å². The summed E-state index contributed by atoms with van der Waals surface area (Å²) in [5, 5.41) is 7.05. The van der Waals surface area contributed by atoms with Gasteiger partial charge in [0.1, 0.15) is 0 Å². The summed E-state index contributed by atoms with van der Waals surface area (Å²) < 4.78 is 5.33. The fraction of sp³-hybridized carbons (Fsp3) is 0.526. The molecule has 2 fully saturated rings. The number of halogens is 1. The molecule has 140 valence electrons. The zero-order chi connectivity index (χ0) is 17.4. The third kappa shape index (κ3) is 3.62. The minimum Gasteiger partial charge on any atom is -0.346 e. The number of carbonyl (C=O) groups is 1. The molecule has 2 aromatic rings. The largest absolute Gasteiger partial charge is 0.346 e. The first kappa shape index (κ1) is 18.9. The van der Waals surface area contributed by atoms with E-state index < -0.39 is 0 Å². The molecule has 7 heteroatoms. The number of rotatable bonds is 5. The van der Waals surface area contributed by atoms with Crippen molar-refractivity contribution in [2.24, 2.45) is 23.5 Å². The summed E-state index contributed by atoms with van der Waals surface area (Å²) in [6.07, 6.45) is 3.97. The molecule has 2 aliphatic rings. The van der Waals surface area contributed by atoms with Gasteiger partial charge in [0.25, 0.3) is 0 Å². The molecule has 0 saturated heterocycles. The van der Waals surface area contributed by atoms with E-state index >= 15 is 0 Å². The van der Waals surface area contributed by atoms with Gasteiger partial charge in [-0.3, -0.25) is 4.79 Å². The second kappa shape index (κ2) is 7.76. The van der Waals surface area contributed by atoms with Gasteiger partial charge in [0, 0.05) is 6.04 Å². The topological polar surface area (TPSA) is 94.0 Å². The van der Waals surface area contributed by atoms with Crippen molar-refractivity contribution in [3.63, 3.8) is 0 Å². The van der Waals surface area contributed by atoms with Crippen LogP contribution in [0.15, 0.2) is 34.9 Å². The summed E-state index contributed by atoms with van der Waals surface area (Å²) in [5.74, 6) is 1.97. The van der Waals surface area contributed by atoms with Crippen molar-refractivity contribution >= 4 is 18.3 Å². The van der Waals surface area contributed by atoms with Crippen LogP contribution in [0.5, 0.6) is 0 Å². The smallest absolute Gasteiger partial charge is 0.231 e. The molecular formula is C19H25ClN4O2. The normalized spacial score (nSPS) is 27.8. The minimum atomic E-state index is -0.285. The quantitative estimate of drug-likeness (QED) is 0.836. The molecular weight excluding hydrogens is 352 g/mol. The van der Waals surface area contributed by atoms with Gasteiger partial charge in [0.15, 0.2) is 5.82 Å². The molecule has 1 aromatic carbocycles. The highest BCUT2D eigenvalue weighted by Gasteiger charge is 2.49. The number of nitrogens with one attached hydrogen (secondary N) is 1. The lowest BCUT2D eigenvalue weighted by molar-refractivity contribution is -0.127. The maximum atomic E-state index is 12.6. The van der Waals surface area contributed by atoms with Crippen molar-refractivity contribution in [1.82, 2.24) is 15.5 Å². The molecule has 0 spiro atoms. The highest BCUT2D eigenvalue weighted by atomic mass is 35.5. The van der Waals surface area contributed by atoms with Crippen molar-refractivity contribution in [3.05, 3.63) is 47.6 Å². The van der Waals surface area contributed by atoms with Crippen LogP contribution in [-0.2, 0) is 11.2 Å². The predicted molar refractivity (Wildman–Crippen MR) is 99.6 cm³/mol. The van der Waals surface area contributed by atoms with Crippen molar-refractivity contribution < 1.29 is 9.32 Å².